The molecule has 134 valence electrons. The fraction of sp³-hybridized carbons (Fsp3) is 0.200. The Labute approximate surface area is 155 Å². The van der Waals surface area contributed by atoms with Gasteiger partial charge < -0.3 is 14.6 Å². The summed E-state index contributed by atoms with van der Waals surface area (Å²) >= 11 is 1.31. The number of hydrogen-bond acceptors (Lipinski definition) is 5. The first kappa shape index (κ1) is 17.9. The van der Waals surface area contributed by atoms with Crippen molar-refractivity contribution in [1.29, 1.82) is 0 Å². The van der Waals surface area contributed by atoms with E-state index in [9.17, 15) is 4.79 Å². The van der Waals surface area contributed by atoms with E-state index in [1.807, 2.05) is 43.3 Å². The number of benzene rings is 2. The molecular formula is C20H19NO4S. The van der Waals surface area contributed by atoms with E-state index in [0.717, 1.165) is 22.6 Å². The summed E-state index contributed by atoms with van der Waals surface area (Å²) in [7, 11) is 0. The molecule has 6 heteroatoms. The summed E-state index contributed by atoms with van der Waals surface area (Å²) in [4.78, 5) is 15.0. The van der Waals surface area contributed by atoms with Crippen LogP contribution < -0.4 is 9.47 Å². The summed E-state index contributed by atoms with van der Waals surface area (Å²) in [6.07, 6.45) is 0. The zero-order valence-corrected chi connectivity index (χ0v) is 15.4. The van der Waals surface area contributed by atoms with Crippen LogP contribution in [0.15, 0.2) is 47.8 Å². The minimum Gasteiger partial charge on any atom is -0.490 e. The number of rotatable bonds is 7. The highest BCUT2D eigenvalue weighted by atomic mass is 32.1. The zero-order valence-electron chi connectivity index (χ0n) is 14.6. The number of thiazole rings is 1. The van der Waals surface area contributed by atoms with Crippen molar-refractivity contribution in [2.75, 3.05) is 13.2 Å². The molecular weight excluding hydrogens is 350 g/mol. The third-order valence-electron chi connectivity index (χ3n) is 3.99. The first-order valence-electron chi connectivity index (χ1n) is 8.15. The van der Waals surface area contributed by atoms with E-state index in [0.29, 0.717) is 18.2 Å². The van der Waals surface area contributed by atoms with E-state index in [1.165, 1.54) is 22.3 Å². The van der Waals surface area contributed by atoms with Gasteiger partial charge in [-0.25, -0.2) is 9.78 Å². The monoisotopic (exact) mass is 369 g/mol. The van der Waals surface area contributed by atoms with Crippen LogP contribution in [0.5, 0.6) is 11.5 Å². The number of carboxylic acid groups (broad SMARTS) is 1. The molecule has 0 spiro atoms. The van der Waals surface area contributed by atoms with E-state index < -0.39 is 5.97 Å². The zero-order chi connectivity index (χ0) is 18.5. The Hall–Kier alpha value is -2.86. The molecule has 2 aromatic carbocycles. The first-order valence-corrected chi connectivity index (χ1v) is 9.03. The SMILES string of the molecule is Cc1cccc(OCCOc2ccc(-c3nc(C(=O)O)cs3)cc2)c1C. The van der Waals surface area contributed by atoms with Gasteiger partial charge in [0, 0.05) is 10.9 Å². The number of ether oxygens (including phenoxy) is 2. The highest BCUT2D eigenvalue weighted by Gasteiger charge is 2.10. The molecule has 0 atom stereocenters. The Morgan fingerprint density at radius 1 is 1.08 bits per heavy atom. The molecule has 0 unspecified atom stereocenters. The average Bonchev–Trinajstić information content (AvgIpc) is 3.13. The predicted octanol–water partition coefficient (Wildman–Crippen LogP) is 4.58. The normalized spacial score (nSPS) is 10.5. The van der Waals surface area contributed by atoms with Crippen molar-refractivity contribution >= 4 is 17.3 Å². The molecule has 5 nitrogen and oxygen atoms in total. The van der Waals surface area contributed by atoms with Gasteiger partial charge in [0.25, 0.3) is 0 Å². The molecule has 1 N–H and O–H groups in total. The standard InChI is InChI=1S/C20H19NO4S/c1-13-4-3-5-18(14(13)2)25-11-10-24-16-8-6-15(7-9-16)19-21-17(12-26-19)20(22)23/h3-9,12H,10-11H2,1-2H3,(H,22,23). The maximum Gasteiger partial charge on any atom is 0.355 e. The summed E-state index contributed by atoms with van der Waals surface area (Å²) in [5.41, 5.74) is 3.27. The summed E-state index contributed by atoms with van der Waals surface area (Å²) in [5.74, 6) is 0.589. The molecule has 0 bridgehead atoms. The van der Waals surface area contributed by atoms with Crippen molar-refractivity contribution in [3.05, 3.63) is 64.7 Å². The lowest BCUT2D eigenvalue weighted by molar-refractivity contribution is 0.0691. The van der Waals surface area contributed by atoms with Gasteiger partial charge in [-0.2, -0.15) is 0 Å². The van der Waals surface area contributed by atoms with E-state index in [-0.39, 0.29) is 5.69 Å². The Kier molecular flexibility index (Phi) is 5.53. The quantitative estimate of drug-likeness (QED) is 0.617. The van der Waals surface area contributed by atoms with Gasteiger partial charge in [0.2, 0.25) is 0 Å². The van der Waals surface area contributed by atoms with Gasteiger partial charge >= 0.3 is 5.97 Å². The number of aryl methyl sites for hydroxylation is 1. The second-order valence-corrected chi connectivity index (χ2v) is 6.62. The summed E-state index contributed by atoms with van der Waals surface area (Å²) in [6, 6.07) is 13.4. The second kappa shape index (κ2) is 8.01. The fourth-order valence-electron chi connectivity index (χ4n) is 2.39. The number of aromatic carboxylic acids is 1. The lowest BCUT2D eigenvalue weighted by Crippen LogP contribution is -2.09. The Morgan fingerprint density at radius 3 is 2.50 bits per heavy atom. The smallest absolute Gasteiger partial charge is 0.355 e. The van der Waals surface area contributed by atoms with Gasteiger partial charge in [0.05, 0.1) is 0 Å². The minimum atomic E-state index is -1.02. The largest absolute Gasteiger partial charge is 0.490 e. The van der Waals surface area contributed by atoms with E-state index in [1.54, 1.807) is 0 Å². The fourth-order valence-corrected chi connectivity index (χ4v) is 3.19. The Bertz CT molecular complexity index is 902. The molecule has 0 aliphatic rings. The average molecular weight is 369 g/mol. The number of carboxylic acids is 1. The van der Waals surface area contributed by atoms with E-state index in [4.69, 9.17) is 14.6 Å². The number of nitrogens with zero attached hydrogens (tertiary/aromatic N) is 1. The van der Waals surface area contributed by atoms with Crippen molar-refractivity contribution in [2.45, 2.75) is 13.8 Å². The Morgan fingerprint density at radius 2 is 1.81 bits per heavy atom. The number of hydrogen-bond donors (Lipinski definition) is 1. The van der Waals surface area contributed by atoms with Crippen LogP contribution in [-0.4, -0.2) is 29.3 Å². The van der Waals surface area contributed by atoms with Crippen molar-refractivity contribution < 1.29 is 19.4 Å². The van der Waals surface area contributed by atoms with Gasteiger partial charge in [0.1, 0.15) is 29.7 Å². The molecule has 0 saturated heterocycles. The van der Waals surface area contributed by atoms with Gasteiger partial charge in [-0.05, 0) is 55.3 Å². The first-order chi connectivity index (χ1) is 12.5. The summed E-state index contributed by atoms with van der Waals surface area (Å²) in [5, 5.41) is 11.1. The molecule has 0 radical (unpaired) electrons. The highest BCUT2D eigenvalue weighted by molar-refractivity contribution is 7.13. The Balaban J connectivity index is 1.53. The molecule has 0 saturated carbocycles. The topological polar surface area (TPSA) is 68.7 Å². The number of carbonyl (C=O) groups is 1. The van der Waals surface area contributed by atoms with Crippen LogP contribution in [0.2, 0.25) is 0 Å². The van der Waals surface area contributed by atoms with Crippen molar-refractivity contribution in [1.82, 2.24) is 4.98 Å². The molecule has 0 fully saturated rings. The second-order valence-electron chi connectivity index (χ2n) is 5.76. The third-order valence-corrected chi connectivity index (χ3v) is 4.88. The maximum absolute atomic E-state index is 10.9. The van der Waals surface area contributed by atoms with Crippen LogP contribution >= 0.6 is 11.3 Å². The maximum atomic E-state index is 10.9. The van der Waals surface area contributed by atoms with Gasteiger partial charge in [-0.1, -0.05) is 12.1 Å². The summed E-state index contributed by atoms with van der Waals surface area (Å²) in [6.45, 7) is 4.99. The summed E-state index contributed by atoms with van der Waals surface area (Å²) < 4.78 is 11.5. The van der Waals surface area contributed by atoms with Crippen LogP contribution in [-0.2, 0) is 0 Å². The molecule has 26 heavy (non-hydrogen) atoms. The van der Waals surface area contributed by atoms with Crippen LogP contribution in [0, 0.1) is 13.8 Å². The lowest BCUT2D eigenvalue weighted by Gasteiger charge is -2.11. The molecule has 0 aliphatic carbocycles. The van der Waals surface area contributed by atoms with Gasteiger partial charge in [-0.15, -0.1) is 11.3 Å². The van der Waals surface area contributed by atoms with Crippen LogP contribution in [0.3, 0.4) is 0 Å². The molecule has 0 aliphatic heterocycles. The van der Waals surface area contributed by atoms with Gasteiger partial charge in [-0.3, -0.25) is 0 Å². The molecule has 3 aromatic rings. The minimum absolute atomic E-state index is 0.0638. The van der Waals surface area contributed by atoms with E-state index >= 15 is 0 Å². The van der Waals surface area contributed by atoms with E-state index in [2.05, 4.69) is 18.0 Å². The molecule has 0 amide bonds. The molecule has 1 aromatic heterocycles. The van der Waals surface area contributed by atoms with Crippen molar-refractivity contribution in [2.24, 2.45) is 0 Å². The van der Waals surface area contributed by atoms with Crippen LogP contribution in [0.25, 0.3) is 10.6 Å². The van der Waals surface area contributed by atoms with Crippen LogP contribution in [0.1, 0.15) is 21.6 Å². The van der Waals surface area contributed by atoms with Crippen LogP contribution in [0.4, 0.5) is 0 Å². The highest BCUT2D eigenvalue weighted by Crippen LogP contribution is 2.26. The van der Waals surface area contributed by atoms with Crippen molar-refractivity contribution in [3.8, 4) is 22.1 Å². The number of aromatic nitrogens is 1. The third kappa shape index (κ3) is 4.21. The molecule has 1 heterocycles. The van der Waals surface area contributed by atoms with Crippen molar-refractivity contribution in [3.63, 3.8) is 0 Å². The van der Waals surface area contributed by atoms with Gasteiger partial charge in [0.15, 0.2) is 5.69 Å². The molecule has 3 rings (SSSR count). The lowest BCUT2D eigenvalue weighted by atomic mass is 10.1. The predicted molar refractivity (Wildman–Crippen MR) is 101 cm³/mol.